The van der Waals surface area contributed by atoms with E-state index in [0.29, 0.717) is 80.3 Å². The second kappa shape index (κ2) is 28.6. The normalized spacial score (nSPS) is 29.1. The number of ether oxygens (including phenoxy) is 1. The lowest BCUT2D eigenvalue weighted by molar-refractivity contribution is -0.144. The van der Waals surface area contributed by atoms with E-state index in [2.05, 4.69) is 44.1 Å². The standard InChI is InChI=1S/C51H89N9O10S3/c1-33-44(72-32-54-33)36-19-17-34(18-20-36)28-53-48(66)41-27-38(61)30-60(41)49(67)45(51(2,3)4)57-43(63)15-10-7-11-23-52-42(62)16-12-25-70-26-22-39(55-46(64)37-21-24-59(29-37)73(5,68)69)47(65)58-50-56-40(31-71-50)35-13-8-6-9-14-35/h33-41,44-45,50,54,56,61H,6-32H2,1-5H3,(H,52,62)(H,53,66)(H,55,64)(H,57,63)(H,58,65)/t33?,34?,36?,37?,38-,39+,40?,41+,44?,45-,50?/m1/s1. The average Bonchev–Trinajstić information content (AvgIpc) is 4.20. The van der Waals surface area contributed by atoms with E-state index in [4.69, 9.17) is 4.74 Å². The summed E-state index contributed by atoms with van der Waals surface area (Å²) < 4.78 is 31.3. The van der Waals surface area contributed by atoms with Gasteiger partial charge in [0.2, 0.25) is 45.5 Å². The largest absolute Gasteiger partial charge is 0.391 e. The molecule has 9 atom stereocenters. The van der Waals surface area contributed by atoms with E-state index >= 15 is 0 Å². The lowest BCUT2D eigenvalue weighted by atomic mass is 9.79. The Morgan fingerprint density at radius 1 is 0.822 bits per heavy atom. The minimum absolute atomic E-state index is 0.0346. The van der Waals surface area contributed by atoms with Gasteiger partial charge in [0.05, 0.1) is 18.3 Å². The van der Waals surface area contributed by atoms with Crippen LogP contribution >= 0.6 is 23.5 Å². The molecule has 73 heavy (non-hydrogen) atoms. The first-order chi connectivity index (χ1) is 34.8. The van der Waals surface area contributed by atoms with Gasteiger partial charge in [0.25, 0.3) is 0 Å². The van der Waals surface area contributed by atoms with Crippen LogP contribution in [-0.2, 0) is 43.5 Å². The Labute approximate surface area is 443 Å². The summed E-state index contributed by atoms with van der Waals surface area (Å²) in [5.41, 5.74) is -0.919. The Hall–Kier alpha value is -2.73. The highest BCUT2D eigenvalue weighted by Gasteiger charge is 2.45. The van der Waals surface area contributed by atoms with Crippen LogP contribution < -0.4 is 37.2 Å². The predicted octanol–water partition coefficient (Wildman–Crippen LogP) is 2.77. The highest BCUT2D eigenvalue weighted by atomic mass is 32.2. The maximum Gasteiger partial charge on any atom is 0.246 e. The van der Waals surface area contributed by atoms with Crippen LogP contribution in [0, 0.1) is 29.1 Å². The number of carbonyl (C=O) groups is 6. The third-order valence-corrected chi connectivity index (χ3v) is 19.9. The number of carbonyl (C=O) groups excluding carboxylic acids is 6. The number of nitrogens with zero attached hydrogens (tertiary/aromatic N) is 2. The van der Waals surface area contributed by atoms with Gasteiger partial charge in [-0.2, -0.15) is 0 Å². The van der Waals surface area contributed by atoms with Gasteiger partial charge < -0.3 is 46.6 Å². The number of aliphatic hydroxyl groups excluding tert-OH is 1. The molecular weight excluding hydrogens is 995 g/mol. The van der Waals surface area contributed by atoms with Crippen LogP contribution in [0.3, 0.4) is 0 Å². The molecule has 5 unspecified atom stereocenters. The first-order valence-electron chi connectivity index (χ1n) is 27.4. The van der Waals surface area contributed by atoms with Crippen molar-refractivity contribution in [2.45, 2.75) is 190 Å². The molecule has 6 rings (SSSR count). The van der Waals surface area contributed by atoms with Gasteiger partial charge in [-0.15, -0.1) is 23.5 Å². The fourth-order valence-electron chi connectivity index (χ4n) is 11.5. The zero-order valence-electron chi connectivity index (χ0n) is 44.3. The number of rotatable bonds is 25. The van der Waals surface area contributed by atoms with Crippen molar-refractivity contribution in [1.82, 2.24) is 46.4 Å². The molecule has 6 aliphatic rings. The topological polar surface area (TPSA) is 257 Å². The van der Waals surface area contributed by atoms with Gasteiger partial charge in [0.1, 0.15) is 23.6 Å². The van der Waals surface area contributed by atoms with Crippen molar-refractivity contribution in [3.8, 4) is 0 Å². The van der Waals surface area contributed by atoms with Gasteiger partial charge in [0.15, 0.2) is 0 Å². The second-order valence-electron chi connectivity index (χ2n) is 22.8. The molecule has 6 amide bonds. The molecule has 416 valence electrons. The molecule has 4 heterocycles. The van der Waals surface area contributed by atoms with Crippen LogP contribution in [0.25, 0.3) is 0 Å². The Kier molecular flexibility index (Phi) is 23.3. The van der Waals surface area contributed by atoms with E-state index in [0.717, 1.165) is 43.6 Å². The Morgan fingerprint density at radius 2 is 1.56 bits per heavy atom. The minimum atomic E-state index is -3.43. The third-order valence-electron chi connectivity index (χ3n) is 15.9. The maximum absolute atomic E-state index is 14.1. The summed E-state index contributed by atoms with van der Waals surface area (Å²) in [4.78, 5) is 81.8. The van der Waals surface area contributed by atoms with Gasteiger partial charge in [-0.25, -0.2) is 12.7 Å². The number of aliphatic hydroxyl groups is 1. The van der Waals surface area contributed by atoms with Crippen LogP contribution in [0.2, 0.25) is 0 Å². The highest BCUT2D eigenvalue weighted by Crippen LogP contribution is 2.39. The molecule has 8 N–H and O–H groups in total. The molecule has 2 saturated carbocycles. The molecule has 0 bridgehead atoms. The van der Waals surface area contributed by atoms with Crippen LogP contribution in [-0.4, -0.2) is 169 Å². The van der Waals surface area contributed by atoms with Crippen molar-refractivity contribution in [2.75, 3.05) is 63.8 Å². The predicted molar refractivity (Wildman–Crippen MR) is 285 cm³/mol. The molecule has 2 aliphatic carbocycles. The number of amides is 6. The number of sulfonamides is 1. The zero-order chi connectivity index (χ0) is 52.7. The Bertz CT molecular complexity index is 1950. The summed E-state index contributed by atoms with van der Waals surface area (Å²) >= 11 is 3.67. The van der Waals surface area contributed by atoms with Crippen molar-refractivity contribution in [2.24, 2.45) is 29.1 Å². The van der Waals surface area contributed by atoms with E-state index in [9.17, 15) is 42.3 Å². The van der Waals surface area contributed by atoms with Crippen molar-refractivity contribution in [1.29, 1.82) is 0 Å². The van der Waals surface area contributed by atoms with E-state index in [1.54, 1.807) is 11.8 Å². The first kappa shape index (κ1) is 59.5. The number of likely N-dealkylation sites (tertiary alicyclic amines) is 1. The molecule has 4 aliphatic heterocycles. The molecule has 4 saturated heterocycles. The molecule has 0 aromatic rings. The number of β-amino-alcohol motifs (C(OH)–C–C–N with tert-alkyl or cyclic N) is 1. The number of unbranched alkanes of at least 4 members (excludes halogenated alkanes) is 2. The van der Waals surface area contributed by atoms with E-state index in [-0.39, 0.29) is 99.5 Å². The molecule has 19 nitrogen and oxygen atoms in total. The minimum Gasteiger partial charge on any atom is -0.391 e. The molecule has 0 spiro atoms. The summed E-state index contributed by atoms with van der Waals surface area (Å²) in [7, 11) is -3.43. The Morgan fingerprint density at radius 3 is 2.25 bits per heavy atom. The number of nitrogens with one attached hydrogen (secondary N) is 7. The molecule has 22 heteroatoms. The van der Waals surface area contributed by atoms with Gasteiger partial charge in [-0.3, -0.25) is 34.1 Å². The van der Waals surface area contributed by atoms with Crippen molar-refractivity contribution >= 4 is 69.0 Å². The molecule has 0 radical (unpaired) electrons. The first-order valence-corrected chi connectivity index (χ1v) is 31.4. The number of hydrogen-bond donors (Lipinski definition) is 8. The zero-order valence-corrected chi connectivity index (χ0v) is 46.7. The quantitative estimate of drug-likeness (QED) is 0.0613. The van der Waals surface area contributed by atoms with Crippen LogP contribution in [0.4, 0.5) is 0 Å². The van der Waals surface area contributed by atoms with E-state index in [1.165, 1.54) is 41.3 Å². The molecule has 0 aromatic heterocycles. The molecule has 6 fully saturated rings. The van der Waals surface area contributed by atoms with Crippen molar-refractivity contribution < 1.29 is 47.0 Å². The lowest BCUT2D eigenvalue weighted by Crippen LogP contribution is -2.58. The van der Waals surface area contributed by atoms with Gasteiger partial charge in [-0.05, 0) is 101 Å². The fourth-order valence-corrected chi connectivity index (χ4v) is 15.1. The number of hydrogen-bond acceptors (Lipinski definition) is 14. The van der Waals surface area contributed by atoms with Crippen LogP contribution in [0.1, 0.15) is 143 Å². The second-order valence-corrected chi connectivity index (χ2v) is 27.1. The van der Waals surface area contributed by atoms with E-state index in [1.807, 2.05) is 32.5 Å². The van der Waals surface area contributed by atoms with E-state index < -0.39 is 45.6 Å². The third kappa shape index (κ3) is 18.5. The number of thioether (sulfide) groups is 2. The summed E-state index contributed by atoms with van der Waals surface area (Å²) in [5.74, 6) is 1.32. The van der Waals surface area contributed by atoms with Gasteiger partial charge in [0, 0.05) is 94.2 Å². The smallest absolute Gasteiger partial charge is 0.246 e. The average molecular weight is 1080 g/mol. The summed E-state index contributed by atoms with van der Waals surface area (Å²) in [6.07, 6.45) is 14.4. The van der Waals surface area contributed by atoms with Crippen LogP contribution in [0.5, 0.6) is 0 Å². The van der Waals surface area contributed by atoms with Crippen molar-refractivity contribution in [3.63, 3.8) is 0 Å². The summed E-state index contributed by atoms with van der Waals surface area (Å²) in [5, 5.41) is 33.3. The highest BCUT2D eigenvalue weighted by molar-refractivity contribution is 8.00. The summed E-state index contributed by atoms with van der Waals surface area (Å²) in [6.45, 7) is 9.70. The summed E-state index contributed by atoms with van der Waals surface area (Å²) in [6, 6.07) is -1.71. The molecule has 0 aromatic carbocycles. The lowest BCUT2D eigenvalue weighted by Gasteiger charge is -2.36. The fraction of sp³-hybridized carbons (Fsp3) is 0.882. The monoisotopic (exact) mass is 1080 g/mol. The van der Waals surface area contributed by atoms with Gasteiger partial charge in [-0.1, -0.05) is 46.5 Å². The van der Waals surface area contributed by atoms with Crippen molar-refractivity contribution in [3.05, 3.63) is 0 Å². The molecular formula is C51H89N9O10S3. The Balaban J connectivity index is 0.842. The maximum atomic E-state index is 14.1. The van der Waals surface area contributed by atoms with Crippen LogP contribution in [0.15, 0.2) is 0 Å². The SMILES string of the molecule is CC1NCSC1C1CCC(CNC(=O)[C@@H]2C[C@@H](O)CN2C(=O)[C@@H](NC(=O)CCCCCNC(=O)CCCOCC[C@H](NC(=O)C2CCN(S(C)(=O)=O)C2)C(=O)NC2NC(C3CCCCC3)CS2)C(C)(C)C)CC1. The van der Waals surface area contributed by atoms with Gasteiger partial charge >= 0.3 is 0 Å².